The van der Waals surface area contributed by atoms with Crippen LogP contribution >= 0.6 is 23.8 Å². The molecule has 174 valence electrons. The first-order valence-electron chi connectivity index (χ1n) is 10.8. The normalized spacial score (nSPS) is 10.9. The minimum Gasteiger partial charge on any atom is -0.451 e. The monoisotopic (exact) mass is 501 g/mol. The van der Waals surface area contributed by atoms with E-state index in [4.69, 9.17) is 28.2 Å². The molecule has 0 unspecified atom stereocenters. The highest BCUT2D eigenvalue weighted by atomic mass is 35.5. The Morgan fingerprint density at radius 1 is 0.914 bits per heavy atom. The average molecular weight is 502 g/mol. The molecule has 9 heteroatoms. The van der Waals surface area contributed by atoms with Crippen LogP contribution < -0.4 is 10.6 Å². The second-order valence-electron chi connectivity index (χ2n) is 8.04. The number of halogens is 1. The van der Waals surface area contributed by atoms with Crippen LogP contribution in [0.2, 0.25) is 5.02 Å². The summed E-state index contributed by atoms with van der Waals surface area (Å²) in [4.78, 5) is 14.2. The number of hydrogen-bond donors (Lipinski definition) is 2. The van der Waals surface area contributed by atoms with E-state index >= 15 is 0 Å². The maximum Gasteiger partial charge on any atom is 0.293 e. The topological polar surface area (TPSA) is 85.0 Å². The average Bonchev–Trinajstić information content (AvgIpc) is 3.49. The summed E-state index contributed by atoms with van der Waals surface area (Å²) in [6.07, 6.45) is 0. The molecule has 2 aromatic heterocycles. The van der Waals surface area contributed by atoms with E-state index in [1.54, 1.807) is 30.3 Å². The van der Waals surface area contributed by atoms with Gasteiger partial charge < -0.3 is 9.73 Å². The second kappa shape index (κ2) is 9.32. The van der Waals surface area contributed by atoms with Crippen molar-refractivity contribution in [1.82, 2.24) is 20.3 Å². The van der Waals surface area contributed by atoms with Crippen LogP contribution in [0.25, 0.3) is 28.0 Å². The third-order valence-electron chi connectivity index (χ3n) is 5.54. The molecule has 1 amide bonds. The predicted octanol–water partition coefficient (Wildman–Crippen LogP) is 6.08. The maximum absolute atomic E-state index is 12.6. The molecule has 0 aliphatic carbocycles. The van der Waals surface area contributed by atoms with Gasteiger partial charge in [0, 0.05) is 16.3 Å². The molecule has 0 fully saturated rings. The lowest BCUT2D eigenvalue weighted by Crippen LogP contribution is -2.33. The van der Waals surface area contributed by atoms with Crippen LogP contribution in [0.3, 0.4) is 0 Å². The van der Waals surface area contributed by atoms with Gasteiger partial charge in [-0.05, 0) is 97.9 Å². The number of aromatic nitrogens is 3. The van der Waals surface area contributed by atoms with Crippen molar-refractivity contribution in [3.63, 3.8) is 0 Å². The fourth-order valence-corrected chi connectivity index (χ4v) is 3.86. The van der Waals surface area contributed by atoms with E-state index in [-0.39, 0.29) is 10.9 Å². The van der Waals surface area contributed by atoms with Gasteiger partial charge in [-0.3, -0.25) is 10.1 Å². The molecule has 0 radical (unpaired) electrons. The number of anilines is 1. The molecule has 0 bridgehead atoms. The van der Waals surface area contributed by atoms with Crippen LogP contribution in [0.1, 0.15) is 21.7 Å². The zero-order valence-electron chi connectivity index (χ0n) is 18.9. The minimum absolute atomic E-state index is 0.142. The molecule has 2 N–H and O–H groups in total. The molecular formula is C26H20ClN5O2S. The summed E-state index contributed by atoms with van der Waals surface area (Å²) < 4.78 is 5.76. The number of fused-ring (bicyclic) bond motifs is 1. The third-order valence-corrected chi connectivity index (χ3v) is 6.00. The van der Waals surface area contributed by atoms with Crippen LogP contribution in [0, 0.1) is 13.8 Å². The summed E-state index contributed by atoms with van der Waals surface area (Å²) in [6, 6.07) is 22.1. The molecule has 5 aromatic rings. The molecule has 35 heavy (non-hydrogen) atoms. The van der Waals surface area contributed by atoms with Gasteiger partial charge in [0.15, 0.2) is 10.9 Å². The summed E-state index contributed by atoms with van der Waals surface area (Å²) >= 11 is 11.3. The highest BCUT2D eigenvalue weighted by Crippen LogP contribution is 2.24. The zero-order chi connectivity index (χ0) is 24.5. The number of thiocarbonyl (C=S) groups is 1. The highest BCUT2D eigenvalue weighted by Gasteiger charge is 2.15. The lowest BCUT2D eigenvalue weighted by Gasteiger charge is -2.08. The maximum atomic E-state index is 12.6. The standard InChI is InChI=1S/C26H20ClN5O2S/c1-15-3-4-17(13-16(15)2)23-11-12-24(34-23)25(33)29-26(35)28-19-7-10-21-22(14-19)31-32(30-21)20-8-5-18(27)6-9-20/h3-14H,1-2H3,(H2,28,29,33,35). The Balaban J connectivity index is 1.26. The van der Waals surface area contributed by atoms with Gasteiger partial charge in [0.05, 0.1) is 5.69 Å². The molecular weight excluding hydrogens is 482 g/mol. The van der Waals surface area contributed by atoms with E-state index in [0.29, 0.717) is 22.0 Å². The number of amides is 1. The molecule has 0 spiro atoms. The Kier molecular flexibility index (Phi) is 6.07. The molecule has 2 heterocycles. The number of furan rings is 1. The first-order valence-corrected chi connectivity index (χ1v) is 11.6. The summed E-state index contributed by atoms with van der Waals surface area (Å²) in [5.74, 6) is 0.349. The SMILES string of the molecule is Cc1ccc(-c2ccc(C(=O)NC(=S)Nc3ccc4nn(-c5ccc(Cl)cc5)nc4c3)o2)cc1C. The number of hydrogen-bond acceptors (Lipinski definition) is 5. The molecule has 5 rings (SSSR count). The number of benzene rings is 3. The Morgan fingerprint density at radius 3 is 2.46 bits per heavy atom. The van der Waals surface area contributed by atoms with Crippen molar-refractivity contribution in [1.29, 1.82) is 0 Å². The van der Waals surface area contributed by atoms with Crippen LogP contribution in [0.5, 0.6) is 0 Å². The smallest absolute Gasteiger partial charge is 0.293 e. The number of carbonyl (C=O) groups is 1. The van der Waals surface area contributed by atoms with Crippen molar-refractivity contribution in [2.24, 2.45) is 0 Å². The van der Waals surface area contributed by atoms with Crippen molar-refractivity contribution < 1.29 is 9.21 Å². The van der Waals surface area contributed by atoms with E-state index in [1.165, 1.54) is 10.4 Å². The Morgan fingerprint density at radius 2 is 1.69 bits per heavy atom. The second-order valence-corrected chi connectivity index (χ2v) is 8.89. The lowest BCUT2D eigenvalue weighted by molar-refractivity contribution is 0.0951. The number of aryl methyl sites for hydroxylation is 2. The molecule has 7 nitrogen and oxygen atoms in total. The van der Waals surface area contributed by atoms with Gasteiger partial charge in [-0.1, -0.05) is 23.7 Å². The summed E-state index contributed by atoms with van der Waals surface area (Å²) in [6.45, 7) is 4.09. The van der Waals surface area contributed by atoms with E-state index in [0.717, 1.165) is 22.3 Å². The van der Waals surface area contributed by atoms with E-state index in [9.17, 15) is 4.79 Å². The van der Waals surface area contributed by atoms with Crippen LogP contribution in [0.15, 0.2) is 77.2 Å². The van der Waals surface area contributed by atoms with Crippen LogP contribution in [-0.4, -0.2) is 26.0 Å². The molecule has 0 aliphatic heterocycles. The Bertz CT molecular complexity index is 1570. The van der Waals surface area contributed by atoms with Gasteiger partial charge in [-0.15, -0.1) is 10.2 Å². The third kappa shape index (κ3) is 4.94. The van der Waals surface area contributed by atoms with Crippen molar-refractivity contribution >= 4 is 51.6 Å². The lowest BCUT2D eigenvalue weighted by atomic mass is 10.1. The summed E-state index contributed by atoms with van der Waals surface area (Å²) in [5.41, 5.74) is 6.11. The number of rotatable bonds is 4. The van der Waals surface area contributed by atoms with Crippen molar-refractivity contribution in [2.75, 3.05) is 5.32 Å². The van der Waals surface area contributed by atoms with Crippen molar-refractivity contribution in [2.45, 2.75) is 13.8 Å². The van der Waals surface area contributed by atoms with Crippen LogP contribution in [0.4, 0.5) is 5.69 Å². The Labute approximate surface area is 211 Å². The van der Waals surface area contributed by atoms with Gasteiger partial charge in [0.1, 0.15) is 16.8 Å². The first kappa shape index (κ1) is 22.8. The van der Waals surface area contributed by atoms with Gasteiger partial charge in [0.25, 0.3) is 5.91 Å². The van der Waals surface area contributed by atoms with E-state index in [1.807, 2.05) is 56.3 Å². The summed E-state index contributed by atoms with van der Waals surface area (Å²) in [7, 11) is 0. The zero-order valence-corrected chi connectivity index (χ0v) is 20.4. The van der Waals surface area contributed by atoms with Gasteiger partial charge in [-0.25, -0.2) is 0 Å². The first-order chi connectivity index (χ1) is 16.9. The van der Waals surface area contributed by atoms with E-state index in [2.05, 4.69) is 20.8 Å². The van der Waals surface area contributed by atoms with E-state index < -0.39 is 5.91 Å². The predicted molar refractivity (Wildman–Crippen MR) is 141 cm³/mol. The molecule has 0 saturated heterocycles. The molecule has 0 saturated carbocycles. The molecule has 0 atom stereocenters. The number of carbonyl (C=O) groups excluding carboxylic acids is 1. The molecule has 0 aliphatic rings. The largest absolute Gasteiger partial charge is 0.451 e. The number of nitrogens with one attached hydrogen (secondary N) is 2. The molecule has 3 aromatic carbocycles. The van der Waals surface area contributed by atoms with Gasteiger partial charge >= 0.3 is 0 Å². The fraction of sp³-hybridized carbons (Fsp3) is 0.0769. The van der Waals surface area contributed by atoms with Gasteiger partial charge in [-0.2, -0.15) is 4.80 Å². The van der Waals surface area contributed by atoms with Crippen LogP contribution in [-0.2, 0) is 0 Å². The summed E-state index contributed by atoms with van der Waals surface area (Å²) in [5, 5.41) is 15.4. The highest BCUT2D eigenvalue weighted by molar-refractivity contribution is 7.80. The van der Waals surface area contributed by atoms with Crippen molar-refractivity contribution in [3.05, 3.63) is 94.7 Å². The number of nitrogens with zero attached hydrogens (tertiary/aromatic N) is 3. The Hall–Kier alpha value is -4.01. The fourth-order valence-electron chi connectivity index (χ4n) is 3.52. The van der Waals surface area contributed by atoms with Gasteiger partial charge in [0.2, 0.25) is 0 Å². The van der Waals surface area contributed by atoms with Crippen molar-refractivity contribution in [3.8, 4) is 17.0 Å². The quantitative estimate of drug-likeness (QED) is 0.290. The minimum atomic E-state index is -0.438.